The highest BCUT2D eigenvalue weighted by atomic mass is 35.5. The van der Waals surface area contributed by atoms with Crippen molar-refractivity contribution in [2.24, 2.45) is 0 Å². The Hall–Kier alpha value is -0.710. The molecule has 1 aliphatic heterocycles. The van der Waals surface area contributed by atoms with Crippen molar-refractivity contribution in [3.8, 4) is 0 Å². The molecule has 1 aromatic carbocycles. The molecule has 0 amide bonds. The first-order chi connectivity index (χ1) is 8.16. The van der Waals surface area contributed by atoms with E-state index in [2.05, 4.69) is 10.6 Å². The molecule has 2 rings (SSSR count). The van der Waals surface area contributed by atoms with Crippen molar-refractivity contribution in [1.29, 1.82) is 0 Å². The highest BCUT2D eigenvalue weighted by molar-refractivity contribution is 6.30. The number of hydrogen-bond donors (Lipinski definition) is 2. The number of nitrogens with one attached hydrogen (secondary N) is 2. The topological polar surface area (TPSA) is 24.1 Å². The van der Waals surface area contributed by atoms with E-state index in [9.17, 15) is 8.78 Å². The zero-order valence-corrected chi connectivity index (χ0v) is 10.1. The van der Waals surface area contributed by atoms with Gasteiger partial charge in [-0.05, 0) is 12.5 Å². The molecule has 1 aliphatic rings. The van der Waals surface area contributed by atoms with Crippen molar-refractivity contribution in [1.82, 2.24) is 10.6 Å². The lowest BCUT2D eigenvalue weighted by atomic mass is 10.2. The number of halogens is 3. The van der Waals surface area contributed by atoms with E-state index in [1.165, 1.54) is 6.07 Å². The van der Waals surface area contributed by atoms with E-state index in [4.69, 9.17) is 11.6 Å². The van der Waals surface area contributed by atoms with Gasteiger partial charge in [-0.15, -0.1) is 0 Å². The highest BCUT2D eigenvalue weighted by Gasteiger charge is 2.22. The summed E-state index contributed by atoms with van der Waals surface area (Å²) in [5, 5.41) is 6.30. The summed E-state index contributed by atoms with van der Waals surface area (Å²) in [5.74, 6) is -0.385. The summed E-state index contributed by atoms with van der Waals surface area (Å²) in [4.78, 5) is 0. The van der Waals surface area contributed by atoms with Crippen molar-refractivity contribution in [3.05, 3.63) is 34.6 Å². The second kappa shape index (κ2) is 5.76. The first kappa shape index (κ1) is 12.7. The molecule has 0 radical (unpaired) electrons. The fourth-order valence-electron chi connectivity index (χ4n) is 1.99. The van der Waals surface area contributed by atoms with Crippen LogP contribution in [0, 0.1) is 5.82 Å². The Morgan fingerprint density at radius 1 is 1.47 bits per heavy atom. The smallest absolute Gasteiger partial charge is 0.146 e. The Morgan fingerprint density at radius 2 is 2.29 bits per heavy atom. The van der Waals surface area contributed by atoms with Gasteiger partial charge in [0.25, 0.3) is 0 Å². The molecule has 1 fully saturated rings. The average molecular weight is 261 g/mol. The van der Waals surface area contributed by atoms with Gasteiger partial charge >= 0.3 is 0 Å². The summed E-state index contributed by atoms with van der Waals surface area (Å²) in [5.41, 5.74) is 0.535. The van der Waals surface area contributed by atoms with E-state index in [1.54, 1.807) is 12.1 Å². The zero-order chi connectivity index (χ0) is 12.3. The largest absolute Gasteiger partial charge is 0.311 e. The van der Waals surface area contributed by atoms with Gasteiger partial charge < -0.3 is 10.6 Å². The van der Waals surface area contributed by atoms with E-state index in [0.29, 0.717) is 31.6 Å². The van der Waals surface area contributed by atoms with Gasteiger partial charge in [-0.1, -0.05) is 23.7 Å². The molecule has 1 saturated heterocycles. The first-order valence-electron chi connectivity index (χ1n) is 5.68. The second-order valence-corrected chi connectivity index (χ2v) is 4.69. The van der Waals surface area contributed by atoms with E-state index in [0.717, 1.165) is 0 Å². The molecule has 0 bridgehead atoms. The van der Waals surface area contributed by atoms with Crippen LogP contribution in [0.15, 0.2) is 18.2 Å². The van der Waals surface area contributed by atoms with Crippen LogP contribution in [0.3, 0.4) is 0 Å². The average Bonchev–Trinajstić information content (AvgIpc) is 2.70. The van der Waals surface area contributed by atoms with E-state index >= 15 is 0 Å². The minimum atomic E-state index is -0.760. The van der Waals surface area contributed by atoms with Crippen LogP contribution in [0.4, 0.5) is 8.78 Å². The Bertz CT molecular complexity index is 387. The normalized spacial score (nSPS) is 24.2. The molecule has 0 spiro atoms. The van der Waals surface area contributed by atoms with Gasteiger partial charge in [0, 0.05) is 31.2 Å². The number of benzene rings is 1. The summed E-state index contributed by atoms with van der Waals surface area (Å²) in [7, 11) is 0. The lowest BCUT2D eigenvalue weighted by molar-refractivity contribution is 0.353. The van der Waals surface area contributed by atoms with Crippen LogP contribution in [-0.2, 0) is 6.54 Å². The van der Waals surface area contributed by atoms with Gasteiger partial charge in [0.1, 0.15) is 12.0 Å². The number of rotatable bonds is 4. The molecule has 5 heteroatoms. The Kier molecular flexibility index (Phi) is 4.31. The SMILES string of the molecule is Fc1c(Cl)cccc1CNC[C@@H]1C[C@@H](F)CN1. The fraction of sp³-hybridized carbons (Fsp3) is 0.500. The van der Waals surface area contributed by atoms with Gasteiger partial charge in [0.05, 0.1) is 5.02 Å². The molecular formula is C12H15ClF2N2. The molecule has 0 saturated carbocycles. The monoisotopic (exact) mass is 260 g/mol. The Balaban J connectivity index is 1.80. The van der Waals surface area contributed by atoms with Crippen LogP contribution in [0.1, 0.15) is 12.0 Å². The zero-order valence-electron chi connectivity index (χ0n) is 9.35. The second-order valence-electron chi connectivity index (χ2n) is 4.28. The van der Waals surface area contributed by atoms with Gasteiger partial charge in [0.15, 0.2) is 0 Å². The minimum absolute atomic E-state index is 0.132. The molecule has 0 aliphatic carbocycles. The third-order valence-electron chi connectivity index (χ3n) is 2.91. The molecule has 2 nitrogen and oxygen atoms in total. The molecule has 94 valence electrons. The van der Waals surface area contributed by atoms with Crippen molar-refractivity contribution in [2.45, 2.75) is 25.2 Å². The molecule has 2 atom stereocenters. The van der Waals surface area contributed by atoms with E-state index < -0.39 is 6.17 Å². The summed E-state index contributed by atoms with van der Waals surface area (Å²) in [6, 6.07) is 5.06. The van der Waals surface area contributed by atoms with Crippen LogP contribution < -0.4 is 10.6 Å². The maximum atomic E-state index is 13.5. The van der Waals surface area contributed by atoms with Crippen molar-refractivity contribution >= 4 is 11.6 Å². The summed E-state index contributed by atoms with van der Waals surface area (Å²) in [6.45, 7) is 1.45. The predicted octanol–water partition coefficient (Wildman–Crippen LogP) is 2.27. The number of hydrogen-bond acceptors (Lipinski definition) is 2. The first-order valence-corrected chi connectivity index (χ1v) is 6.05. The third kappa shape index (κ3) is 3.37. The molecule has 0 unspecified atom stereocenters. The molecule has 17 heavy (non-hydrogen) atoms. The third-order valence-corrected chi connectivity index (χ3v) is 3.20. The van der Waals surface area contributed by atoms with Crippen LogP contribution in [0.5, 0.6) is 0 Å². The molecule has 0 aromatic heterocycles. The van der Waals surface area contributed by atoms with Crippen molar-refractivity contribution in [2.75, 3.05) is 13.1 Å². The lowest BCUT2D eigenvalue weighted by Crippen LogP contribution is -2.33. The van der Waals surface area contributed by atoms with Crippen molar-refractivity contribution < 1.29 is 8.78 Å². The Labute approximate surface area is 104 Å². The van der Waals surface area contributed by atoms with Gasteiger partial charge in [-0.25, -0.2) is 8.78 Å². The van der Waals surface area contributed by atoms with Crippen LogP contribution in [-0.4, -0.2) is 25.3 Å². The maximum absolute atomic E-state index is 13.5. The van der Waals surface area contributed by atoms with Gasteiger partial charge in [-0.3, -0.25) is 0 Å². The maximum Gasteiger partial charge on any atom is 0.146 e. The lowest BCUT2D eigenvalue weighted by Gasteiger charge is -2.11. The summed E-state index contributed by atoms with van der Waals surface area (Å²) in [6.07, 6.45) is -0.241. The van der Waals surface area contributed by atoms with Crippen LogP contribution in [0.2, 0.25) is 5.02 Å². The molecule has 1 heterocycles. The van der Waals surface area contributed by atoms with Crippen LogP contribution in [0.25, 0.3) is 0 Å². The molecule has 1 aromatic rings. The standard InChI is InChI=1S/C12H15ClF2N2/c13-11-3-1-2-8(12(11)15)5-16-7-10-4-9(14)6-17-10/h1-3,9-10,16-17H,4-7H2/t9-,10+/m1/s1. The Morgan fingerprint density at radius 3 is 3.00 bits per heavy atom. The van der Waals surface area contributed by atoms with Crippen molar-refractivity contribution in [3.63, 3.8) is 0 Å². The fourth-order valence-corrected chi connectivity index (χ4v) is 2.19. The van der Waals surface area contributed by atoms with Gasteiger partial charge in [0.2, 0.25) is 0 Å². The predicted molar refractivity (Wildman–Crippen MR) is 64.4 cm³/mol. The van der Waals surface area contributed by atoms with Gasteiger partial charge in [-0.2, -0.15) is 0 Å². The molecular weight excluding hydrogens is 246 g/mol. The summed E-state index contributed by atoms with van der Waals surface area (Å²) < 4.78 is 26.4. The van der Waals surface area contributed by atoms with Crippen LogP contribution >= 0.6 is 11.6 Å². The van der Waals surface area contributed by atoms with E-state index in [-0.39, 0.29) is 16.9 Å². The quantitative estimate of drug-likeness (QED) is 0.868. The minimum Gasteiger partial charge on any atom is -0.311 e. The highest BCUT2D eigenvalue weighted by Crippen LogP contribution is 2.17. The summed E-state index contributed by atoms with van der Waals surface area (Å²) >= 11 is 5.67. The number of alkyl halides is 1. The molecule has 2 N–H and O–H groups in total. The van der Waals surface area contributed by atoms with E-state index in [1.807, 2.05) is 0 Å².